The molecule has 0 bridgehead atoms. The number of pyridine rings is 1. The maximum absolute atomic E-state index is 11.8. The van der Waals surface area contributed by atoms with Gasteiger partial charge in [0.05, 0.1) is 6.61 Å². The molecule has 0 aliphatic heterocycles. The minimum absolute atomic E-state index is 0.0473. The summed E-state index contributed by atoms with van der Waals surface area (Å²) >= 11 is 0. The molecule has 2 amide bonds. The number of phosphoric acid groups is 1. The van der Waals surface area contributed by atoms with Crippen LogP contribution in [0.2, 0.25) is 0 Å². The van der Waals surface area contributed by atoms with Crippen molar-refractivity contribution in [1.82, 2.24) is 15.6 Å². The van der Waals surface area contributed by atoms with Crippen LogP contribution >= 0.6 is 29.4 Å². The molecule has 1 aromatic rings. The van der Waals surface area contributed by atoms with E-state index in [-0.39, 0.29) is 18.4 Å². The fourth-order valence-corrected chi connectivity index (χ4v) is 5.00. The Hall–Kier alpha value is -1.10. The van der Waals surface area contributed by atoms with Gasteiger partial charge >= 0.3 is 7.82 Å². The van der Waals surface area contributed by atoms with Crippen LogP contribution in [-0.2, 0) is 23.2 Å². The summed E-state index contributed by atoms with van der Waals surface area (Å²) < 4.78 is 20.2. The average molecular weight is 522 g/mol. The van der Waals surface area contributed by atoms with Crippen molar-refractivity contribution < 1.29 is 28.1 Å². The van der Waals surface area contributed by atoms with E-state index in [4.69, 9.17) is 9.42 Å². The summed E-state index contributed by atoms with van der Waals surface area (Å²) in [6.45, 7) is 1.44. The molecule has 9 nitrogen and oxygen atoms in total. The molecule has 0 spiro atoms. The van der Waals surface area contributed by atoms with Gasteiger partial charge < -0.3 is 15.5 Å². The molecule has 0 aromatic carbocycles. The van der Waals surface area contributed by atoms with Crippen molar-refractivity contribution >= 4 is 41.2 Å². The highest BCUT2D eigenvalue weighted by atomic mass is 33.1. The van der Waals surface area contributed by atoms with Crippen molar-refractivity contribution in [2.24, 2.45) is 0 Å². The lowest BCUT2D eigenvalue weighted by Crippen LogP contribution is -2.25. The first kappa shape index (κ1) is 29.9. The molecule has 0 saturated heterocycles. The van der Waals surface area contributed by atoms with E-state index in [1.54, 1.807) is 27.8 Å². The van der Waals surface area contributed by atoms with E-state index in [0.29, 0.717) is 32.4 Å². The van der Waals surface area contributed by atoms with E-state index < -0.39 is 7.82 Å². The predicted molar refractivity (Wildman–Crippen MR) is 133 cm³/mol. The number of phosphoric ester groups is 1. The van der Waals surface area contributed by atoms with Crippen LogP contribution in [0, 0.1) is 0 Å². The Labute approximate surface area is 204 Å². The fraction of sp³-hybridized carbons (Fsp3) is 0.667. The Bertz CT molecular complexity index is 715. The van der Waals surface area contributed by atoms with Gasteiger partial charge in [-0.25, -0.2) is 9.55 Å². The van der Waals surface area contributed by atoms with Crippen LogP contribution in [0.4, 0.5) is 0 Å². The summed E-state index contributed by atoms with van der Waals surface area (Å²) in [5, 5.41) is 6.77. The van der Waals surface area contributed by atoms with E-state index in [2.05, 4.69) is 20.1 Å². The number of carbonyl (C=O) groups is 2. The summed E-state index contributed by atoms with van der Waals surface area (Å²) in [5.41, 5.74) is 0. The Morgan fingerprint density at radius 3 is 2.33 bits per heavy atom. The number of nitrogens with one attached hydrogen (secondary N) is 2. The summed E-state index contributed by atoms with van der Waals surface area (Å²) in [6.07, 6.45) is 8.58. The summed E-state index contributed by atoms with van der Waals surface area (Å²) in [7, 11) is 0.458. The Morgan fingerprint density at radius 1 is 1.00 bits per heavy atom. The Balaban J connectivity index is 1.84. The maximum Gasteiger partial charge on any atom is 0.471 e. The van der Waals surface area contributed by atoms with Crippen LogP contribution in [0.3, 0.4) is 0 Å². The highest BCUT2D eigenvalue weighted by Gasteiger charge is 2.17. The SMILES string of the molecule is COP(=O)(O)OCCCCCCNC(=O)CCCCCNC(=O)CCSSc1ccccn1. The zero-order valence-electron chi connectivity index (χ0n) is 19.2. The number of hydrogen-bond donors (Lipinski definition) is 3. The topological polar surface area (TPSA) is 127 Å². The third-order valence-corrected chi connectivity index (χ3v) is 7.71. The lowest BCUT2D eigenvalue weighted by atomic mass is 10.1. The van der Waals surface area contributed by atoms with Gasteiger partial charge in [0.1, 0.15) is 5.03 Å². The molecule has 1 rings (SSSR count). The summed E-state index contributed by atoms with van der Waals surface area (Å²) in [5.74, 6) is 0.836. The molecule has 1 unspecified atom stereocenters. The van der Waals surface area contributed by atoms with Gasteiger partial charge in [0.15, 0.2) is 0 Å². The molecule has 1 heterocycles. The largest absolute Gasteiger partial charge is 0.471 e. The van der Waals surface area contributed by atoms with Gasteiger partial charge in [-0.1, -0.05) is 36.1 Å². The first-order chi connectivity index (χ1) is 15.9. The lowest BCUT2D eigenvalue weighted by Gasteiger charge is -2.09. The van der Waals surface area contributed by atoms with E-state index in [1.807, 2.05) is 18.2 Å². The first-order valence-corrected chi connectivity index (χ1v) is 15.0. The van der Waals surface area contributed by atoms with Gasteiger partial charge in [-0.15, -0.1) is 0 Å². The molecule has 0 saturated carbocycles. The Kier molecular flexibility index (Phi) is 17.4. The number of amides is 2. The molecular weight excluding hydrogens is 485 g/mol. The third-order valence-electron chi connectivity index (χ3n) is 4.48. The molecule has 33 heavy (non-hydrogen) atoms. The van der Waals surface area contributed by atoms with E-state index in [0.717, 1.165) is 56.4 Å². The number of unbranched alkanes of at least 4 members (excludes halogenated alkanes) is 5. The lowest BCUT2D eigenvalue weighted by molar-refractivity contribution is -0.122. The van der Waals surface area contributed by atoms with Crippen molar-refractivity contribution in [3.8, 4) is 0 Å². The van der Waals surface area contributed by atoms with Gasteiger partial charge in [-0.05, 0) is 48.6 Å². The van der Waals surface area contributed by atoms with Gasteiger partial charge in [0.25, 0.3) is 0 Å². The molecular formula is C21H36N3O6PS2. The zero-order valence-corrected chi connectivity index (χ0v) is 21.7. The molecule has 0 fully saturated rings. The minimum Gasteiger partial charge on any atom is -0.356 e. The van der Waals surface area contributed by atoms with Crippen LogP contribution in [0.25, 0.3) is 0 Å². The van der Waals surface area contributed by atoms with E-state index >= 15 is 0 Å². The van der Waals surface area contributed by atoms with Crippen molar-refractivity contribution in [3.05, 3.63) is 24.4 Å². The highest BCUT2D eigenvalue weighted by molar-refractivity contribution is 8.76. The standard InChI is InChI=1S/C21H36N3O6PS2/c1-29-31(27,28)30-17-10-3-2-7-14-22-19(25)11-5-4-8-15-23-20(26)13-18-32-33-21-12-6-9-16-24-21/h6,9,12,16H,2-5,7-8,10-11,13-15,17-18H2,1H3,(H,22,25)(H,23,26)(H,27,28). The van der Waals surface area contributed by atoms with Crippen LogP contribution in [-0.4, -0.2) is 54.3 Å². The first-order valence-electron chi connectivity index (χ1n) is 11.2. The number of nitrogens with zero attached hydrogens (tertiary/aromatic N) is 1. The van der Waals surface area contributed by atoms with Gasteiger partial charge in [0.2, 0.25) is 11.8 Å². The smallest absolute Gasteiger partial charge is 0.356 e. The minimum atomic E-state index is -3.87. The number of aromatic nitrogens is 1. The van der Waals surface area contributed by atoms with Gasteiger partial charge in [-0.2, -0.15) is 0 Å². The van der Waals surface area contributed by atoms with Gasteiger partial charge in [-0.3, -0.25) is 18.6 Å². The number of rotatable bonds is 20. The average Bonchev–Trinajstić information content (AvgIpc) is 2.81. The van der Waals surface area contributed by atoms with Gasteiger partial charge in [0, 0.05) is 45.0 Å². The van der Waals surface area contributed by atoms with E-state index in [1.165, 1.54) is 0 Å². The van der Waals surface area contributed by atoms with Crippen LogP contribution in [0.5, 0.6) is 0 Å². The van der Waals surface area contributed by atoms with Crippen LogP contribution in [0.1, 0.15) is 57.8 Å². The van der Waals surface area contributed by atoms with Crippen molar-refractivity contribution in [1.29, 1.82) is 0 Å². The molecule has 0 radical (unpaired) electrons. The van der Waals surface area contributed by atoms with Crippen LogP contribution in [0.15, 0.2) is 29.4 Å². The predicted octanol–water partition coefficient (Wildman–Crippen LogP) is 4.33. The number of carbonyl (C=O) groups excluding carboxylic acids is 2. The van der Waals surface area contributed by atoms with E-state index in [9.17, 15) is 14.2 Å². The molecule has 1 atom stereocenters. The second kappa shape index (κ2) is 19.2. The monoisotopic (exact) mass is 521 g/mol. The molecule has 12 heteroatoms. The molecule has 3 N–H and O–H groups in total. The number of hydrogen-bond acceptors (Lipinski definition) is 8. The normalized spacial score (nSPS) is 12.8. The second-order valence-electron chi connectivity index (χ2n) is 7.23. The van der Waals surface area contributed by atoms with Crippen LogP contribution < -0.4 is 10.6 Å². The molecule has 1 aromatic heterocycles. The highest BCUT2D eigenvalue weighted by Crippen LogP contribution is 2.41. The fourth-order valence-electron chi connectivity index (χ4n) is 2.67. The van der Waals surface area contributed by atoms with Crippen molar-refractivity contribution in [2.75, 3.05) is 32.6 Å². The summed E-state index contributed by atoms with van der Waals surface area (Å²) in [6, 6.07) is 5.76. The zero-order chi connectivity index (χ0) is 24.2. The third kappa shape index (κ3) is 18.0. The summed E-state index contributed by atoms with van der Waals surface area (Å²) in [4.78, 5) is 37.0. The molecule has 188 valence electrons. The Morgan fingerprint density at radius 2 is 1.67 bits per heavy atom. The maximum atomic E-state index is 11.8. The molecule has 0 aliphatic carbocycles. The second-order valence-corrected chi connectivity index (χ2v) is 11.2. The quantitative estimate of drug-likeness (QED) is 0.131. The molecule has 0 aliphatic rings. The van der Waals surface area contributed by atoms with Crippen molar-refractivity contribution in [3.63, 3.8) is 0 Å². The van der Waals surface area contributed by atoms with Crippen molar-refractivity contribution in [2.45, 2.75) is 62.8 Å².